The highest BCUT2D eigenvalue weighted by Crippen LogP contribution is 2.07. The van der Waals surface area contributed by atoms with Crippen LogP contribution in [0.2, 0.25) is 0 Å². The summed E-state index contributed by atoms with van der Waals surface area (Å²) in [7, 11) is 0. The Hall–Kier alpha value is -0.870. The maximum atomic E-state index is 12.2. The number of aliphatic hydroxyl groups is 1. The molecule has 0 radical (unpaired) electrons. The zero-order valence-corrected chi connectivity index (χ0v) is 15.2. The van der Waals surface area contributed by atoms with E-state index in [4.69, 9.17) is 0 Å². The van der Waals surface area contributed by atoms with E-state index in [1.165, 1.54) is 12.8 Å². The third-order valence-electron chi connectivity index (χ3n) is 4.69. The molecule has 4 nitrogen and oxygen atoms in total. The molecule has 0 aliphatic carbocycles. The van der Waals surface area contributed by atoms with E-state index in [1.807, 2.05) is 17.9 Å². The molecule has 0 aromatic heterocycles. The molecule has 22 heavy (non-hydrogen) atoms. The van der Waals surface area contributed by atoms with Crippen molar-refractivity contribution in [3.63, 3.8) is 0 Å². The number of rotatable bonds is 13. The molecule has 0 spiro atoms. The van der Waals surface area contributed by atoms with Crippen LogP contribution in [0.25, 0.3) is 0 Å². The van der Waals surface area contributed by atoms with E-state index >= 15 is 0 Å². The Morgan fingerprint density at radius 2 is 1.77 bits per heavy atom. The average molecular weight is 314 g/mol. The summed E-state index contributed by atoms with van der Waals surface area (Å²) in [5.74, 6) is 0.119. The first-order valence-electron chi connectivity index (χ1n) is 9.00. The number of unbranched alkanes of at least 4 members (excludes halogenated alkanes) is 3. The summed E-state index contributed by atoms with van der Waals surface area (Å²) in [6, 6.07) is 0. The summed E-state index contributed by atoms with van der Waals surface area (Å²) in [4.78, 5) is 14.1. The number of allylic oxidation sites excluding steroid dienone is 1. The van der Waals surface area contributed by atoms with Gasteiger partial charge in [0, 0.05) is 6.54 Å². The fourth-order valence-electron chi connectivity index (χ4n) is 2.74. The molecule has 0 aromatic rings. The summed E-state index contributed by atoms with van der Waals surface area (Å²) in [5, 5.41) is 9.28. The van der Waals surface area contributed by atoms with E-state index in [9.17, 15) is 9.90 Å². The molecule has 1 amide bonds. The van der Waals surface area contributed by atoms with Crippen molar-refractivity contribution in [1.82, 2.24) is 4.90 Å². The van der Waals surface area contributed by atoms with Crippen LogP contribution in [0.4, 0.5) is 0 Å². The molecule has 0 saturated heterocycles. The van der Waals surface area contributed by atoms with Gasteiger partial charge in [0.1, 0.15) is 6.54 Å². The van der Waals surface area contributed by atoms with Gasteiger partial charge in [0.05, 0.1) is 32.8 Å². The number of amides is 1. The third-order valence-corrected chi connectivity index (χ3v) is 4.69. The van der Waals surface area contributed by atoms with Gasteiger partial charge < -0.3 is 14.5 Å². The summed E-state index contributed by atoms with van der Waals surface area (Å²) in [5.41, 5.74) is 0. The zero-order valence-electron chi connectivity index (χ0n) is 15.2. The minimum atomic E-state index is 0.119. The normalized spacial score (nSPS) is 12.0. The van der Waals surface area contributed by atoms with Crippen LogP contribution in [-0.4, -0.2) is 66.3 Å². The molecule has 0 aliphatic rings. The summed E-state index contributed by atoms with van der Waals surface area (Å²) < 4.78 is 0.875. The highest BCUT2D eigenvalue weighted by atomic mass is 16.3. The first kappa shape index (κ1) is 21.1. The van der Waals surface area contributed by atoms with Crippen molar-refractivity contribution in [2.45, 2.75) is 53.4 Å². The number of nitrogens with zero attached hydrogens (tertiary/aromatic N) is 2. The van der Waals surface area contributed by atoms with Crippen molar-refractivity contribution in [3.8, 4) is 0 Å². The zero-order chi connectivity index (χ0) is 16.8. The van der Waals surface area contributed by atoms with Gasteiger partial charge in [0.2, 0.25) is 5.91 Å². The van der Waals surface area contributed by atoms with E-state index in [2.05, 4.69) is 20.8 Å². The van der Waals surface area contributed by atoms with Crippen LogP contribution in [0.3, 0.4) is 0 Å². The lowest BCUT2D eigenvalue weighted by Gasteiger charge is -2.37. The SMILES string of the molecule is CCCCC/C=C/C(=O)N(CC)CC[N+](CC)(CC)CCO. The maximum Gasteiger partial charge on any atom is 0.246 e. The summed E-state index contributed by atoms with van der Waals surface area (Å²) >= 11 is 0. The Kier molecular flexibility index (Phi) is 12.2. The molecule has 0 heterocycles. The molecule has 0 unspecified atom stereocenters. The summed E-state index contributed by atoms with van der Waals surface area (Å²) in [6.45, 7) is 13.9. The van der Waals surface area contributed by atoms with Gasteiger partial charge in [-0.05, 0) is 39.7 Å². The molecule has 1 N–H and O–H groups in total. The summed E-state index contributed by atoms with van der Waals surface area (Å²) in [6.07, 6.45) is 8.33. The number of hydrogen-bond acceptors (Lipinski definition) is 2. The minimum absolute atomic E-state index is 0.119. The predicted molar refractivity (Wildman–Crippen MR) is 93.7 cm³/mol. The van der Waals surface area contributed by atoms with E-state index in [0.717, 1.165) is 56.6 Å². The van der Waals surface area contributed by atoms with Gasteiger partial charge in [-0.3, -0.25) is 4.79 Å². The lowest BCUT2D eigenvalue weighted by Crippen LogP contribution is -2.53. The third kappa shape index (κ3) is 7.95. The van der Waals surface area contributed by atoms with Crippen molar-refractivity contribution in [1.29, 1.82) is 0 Å². The lowest BCUT2D eigenvalue weighted by molar-refractivity contribution is -0.924. The van der Waals surface area contributed by atoms with Gasteiger partial charge >= 0.3 is 0 Å². The second-order valence-corrected chi connectivity index (χ2v) is 5.96. The second-order valence-electron chi connectivity index (χ2n) is 5.96. The van der Waals surface area contributed by atoms with Crippen LogP contribution >= 0.6 is 0 Å². The van der Waals surface area contributed by atoms with Crippen LogP contribution in [0.5, 0.6) is 0 Å². The molecular weight excluding hydrogens is 276 g/mol. The van der Waals surface area contributed by atoms with E-state index in [1.54, 1.807) is 6.08 Å². The predicted octanol–water partition coefficient (Wildman–Crippen LogP) is 2.82. The number of likely N-dealkylation sites (N-methyl/N-ethyl adjacent to an activating group) is 2. The molecule has 4 heteroatoms. The molecule has 0 bridgehead atoms. The van der Waals surface area contributed by atoms with E-state index < -0.39 is 0 Å². The second kappa shape index (κ2) is 12.7. The Morgan fingerprint density at radius 3 is 2.27 bits per heavy atom. The van der Waals surface area contributed by atoms with Crippen molar-refractivity contribution in [2.75, 3.05) is 45.9 Å². The Balaban J connectivity index is 4.42. The van der Waals surface area contributed by atoms with Gasteiger partial charge in [0.15, 0.2) is 0 Å². The molecule has 0 saturated carbocycles. The van der Waals surface area contributed by atoms with Crippen LogP contribution in [0, 0.1) is 0 Å². The quantitative estimate of drug-likeness (QED) is 0.323. The Bertz CT molecular complexity index is 312. The molecule has 0 fully saturated rings. The fourth-order valence-corrected chi connectivity index (χ4v) is 2.74. The smallest absolute Gasteiger partial charge is 0.246 e. The van der Waals surface area contributed by atoms with E-state index in [0.29, 0.717) is 0 Å². The molecule has 0 aromatic carbocycles. The van der Waals surface area contributed by atoms with Crippen molar-refractivity contribution < 1.29 is 14.4 Å². The highest BCUT2D eigenvalue weighted by Gasteiger charge is 2.24. The fraction of sp³-hybridized carbons (Fsp3) is 0.833. The standard InChI is InChI=1S/C18H37N2O2/c1-5-9-10-11-12-13-18(22)19(6-2)14-15-20(7-3,8-4)16-17-21/h12-13,21H,5-11,14-17H2,1-4H3/q+1/b13-12+. The van der Waals surface area contributed by atoms with Gasteiger partial charge in [0.25, 0.3) is 0 Å². The Morgan fingerprint density at radius 1 is 1.09 bits per heavy atom. The lowest BCUT2D eigenvalue weighted by atomic mass is 10.2. The van der Waals surface area contributed by atoms with Crippen molar-refractivity contribution in [2.24, 2.45) is 0 Å². The topological polar surface area (TPSA) is 40.5 Å². The molecule has 130 valence electrons. The molecule has 0 rings (SSSR count). The van der Waals surface area contributed by atoms with Gasteiger partial charge in [-0.15, -0.1) is 0 Å². The van der Waals surface area contributed by atoms with E-state index in [-0.39, 0.29) is 12.5 Å². The molecule has 0 aliphatic heterocycles. The van der Waals surface area contributed by atoms with Crippen molar-refractivity contribution in [3.05, 3.63) is 12.2 Å². The van der Waals surface area contributed by atoms with Crippen molar-refractivity contribution >= 4 is 5.91 Å². The molecule has 0 atom stereocenters. The maximum absolute atomic E-state index is 12.2. The first-order valence-corrected chi connectivity index (χ1v) is 9.00. The Labute approximate surface area is 137 Å². The number of carbonyl (C=O) groups excluding carboxylic acids is 1. The largest absolute Gasteiger partial charge is 0.391 e. The van der Waals surface area contributed by atoms with Crippen LogP contribution in [0.1, 0.15) is 53.4 Å². The van der Waals surface area contributed by atoms with Crippen LogP contribution in [0.15, 0.2) is 12.2 Å². The van der Waals surface area contributed by atoms with Gasteiger partial charge in [-0.1, -0.05) is 25.8 Å². The van der Waals surface area contributed by atoms with Crippen LogP contribution < -0.4 is 0 Å². The number of quaternary nitrogens is 1. The number of hydrogen-bond donors (Lipinski definition) is 1. The first-order chi connectivity index (χ1) is 10.6. The highest BCUT2D eigenvalue weighted by molar-refractivity contribution is 5.87. The van der Waals surface area contributed by atoms with Gasteiger partial charge in [-0.2, -0.15) is 0 Å². The monoisotopic (exact) mass is 313 g/mol. The average Bonchev–Trinajstić information content (AvgIpc) is 2.54. The minimum Gasteiger partial charge on any atom is -0.391 e. The number of aliphatic hydroxyl groups excluding tert-OH is 1. The number of carbonyl (C=O) groups is 1. The molecular formula is C18H37N2O2+. The van der Waals surface area contributed by atoms with Gasteiger partial charge in [-0.25, -0.2) is 0 Å². The van der Waals surface area contributed by atoms with Crippen LogP contribution in [-0.2, 0) is 4.79 Å².